The summed E-state index contributed by atoms with van der Waals surface area (Å²) in [6, 6.07) is 0. The topological polar surface area (TPSA) is 66.8 Å². The number of amides is 1. The fourth-order valence-corrected chi connectivity index (χ4v) is 4.43. The van der Waals surface area contributed by atoms with Crippen molar-refractivity contribution >= 4 is 11.9 Å². The van der Waals surface area contributed by atoms with E-state index >= 15 is 0 Å². The van der Waals surface area contributed by atoms with Crippen molar-refractivity contribution in [1.82, 2.24) is 4.90 Å². The third-order valence-corrected chi connectivity index (χ3v) is 5.77. The monoisotopic (exact) mass is 281 g/mol. The van der Waals surface area contributed by atoms with Crippen LogP contribution in [0.2, 0.25) is 0 Å². The molecule has 3 rings (SSSR count). The first-order valence-corrected chi connectivity index (χ1v) is 7.56. The maximum Gasteiger partial charge on any atom is 0.311 e. The Hall–Kier alpha value is -1.10. The molecule has 2 aliphatic carbocycles. The highest BCUT2D eigenvalue weighted by molar-refractivity contribution is 5.86. The van der Waals surface area contributed by atoms with Crippen molar-refractivity contribution in [3.8, 4) is 0 Å². The van der Waals surface area contributed by atoms with Gasteiger partial charge >= 0.3 is 5.97 Å². The van der Waals surface area contributed by atoms with Crippen LogP contribution < -0.4 is 0 Å². The number of rotatable bonds is 4. The summed E-state index contributed by atoms with van der Waals surface area (Å²) in [7, 11) is 1.63. The molecule has 5 heteroatoms. The molecule has 0 unspecified atom stereocenters. The second-order valence-electron chi connectivity index (χ2n) is 6.80. The zero-order valence-electron chi connectivity index (χ0n) is 12.1. The van der Waals surface area contributed by atoms with Crippen LogP contribution in [0.3, 0.4) is 0 Å². The first-order chi connectivity index (χ1) is 9.54. The lowest BCUT2D eigenvalue weighted by molar-refractivity contribution is -0.153. The fraction of sp³-hybridized carbons (Fsp3) is 0.867. The second kappa shape index (κ2) is 4.72. The predicted molar refractivity (Wildman–Crippen MR) is 72.1 cm³/mol. The van der Waals surface area contributed by atoms with E-state index < -0.39 is 11.4 Å². The summed E-state index contributed by atoms with van der Waals surface area (Å²) in [5, 5.41) is 9.59. The number of likely N-dealkylation sites (tertiary alicyclic amines) is 1. The van der Waals surface area contributed by atoms with Crippen molar-refractivity contribution < 1.29 is 19.4 Å². The molecule has 0 aromatic carbocycles. The van der Waals surface area contributed by atoms with Crippen LogP contribution in [0.5, 0.6) is 0 Å². The number of methoxy groups -OCH3 is 1. The minimum absolute atomic E-state index is 0.126. The van der Waals surface area contributed by atoms with Crippen LogP contribution in [-0.4, -0.2) is 48.7 Å². The van der Waals surface area contributed by atoms with E-state index in [4.69, 9.17) is 4.74 Å². The van der Waals surface area contributed by atoms with Gasteiger partial charge < -0.3 is 14.7 Å². The molecule has 0 spiro atoms. The number of hydrogen-bond donors (Lipinski definition) is 1. The lowest BCUT2D eigenvalue weighted by atomic mass is 9.68. The molecule has 2 saturated carbocycles. The van der Waals surface area contributed by atoms with Crippen LogP contribution in [0.1, 0.15) is 38.5 Å². The molecule has 1 aliphatic heterocycles. The number of carbonyl (C=O) groups is 2. The number of fused-ring (bicyclic) bond motifs is 1. The first-order valence-electron chi connectivity index (χ1n) is 7.56. The molecule has 1 amide bonds. The van der Waals surface area contributed by atoms with E-state index in [2.05, 4.69) is 0 Å². The van der Waals surface area contributed by atoms with Crippen molar-refractivity contribution in [2.24, 2.45) is 16.7 Å². The third-order valence-electron chi connectivity index (χ3n) is 5.77. The Bertz CT molecular complexity index is 432. The average Bonchev–Trinajstić information content (AvgIpc) is 2.90. The smallest absolute Gasteiger partial charge is 0.311 e. The number of aliphatic carboxylic acids is 1. The molecule has 112 valence electrons. The Morgan fingerprint density at radius 3 is 2.55 bits per heavy atom. The van der Waals surface area contributed by atoms with E-state index in [1.54, 1.807) is 7.11 Å². The highest BCUT2D eigenvalue weighted by atomic mass is 16.5. The van der Waals surface area contributed by atoms with Crippen LogP contribution in [0.25, 0.3) is 0 Å². The SMILES string of the molecule is COCC1(C(=O)N2C[C@@H]3CCC[C@@]3(C(=O)O)C2)CCC1. The van der Waals surface area contributed by atoms with Crippen molar-refractivity contribution in [2.75, 3.05) is 26.8 Å². The summed E-state index contributed by atoms with van der Waals surface area (Å²) in [6.07, 6.45) is 5.45. The molecule has 1 heterocycles. The van der Waals surface area contributed by atoms with Crippen LogP contribution in [0, 0.1) is 16.7 Å². The molecule has 20 heavy (non-hydrogen) atoms. The van der Waals surface area contributed by atoms with Gasteiger partial charge in [-0.05, 0) is 31.6 Å². The van der Waals surface area contributed by atoms with E-state index in [0.29, 0.717) is 26.1 Å². The van der Waals surface area contributed by atoms with Gasteiger partial charge in [0, 0.05) is 20.2 Å². The molecule has 3 aliphatic rings. The lowest BCUT2D eigenvalue weighted by Gasteiger charge is -2.42. The Labute approximate surface area is 119 Å². The number of carboxylic acid groups (broad SMARTS) is 1. The molecule has 1 N–H and O–H groups in total. The largest absolute Gasteiger partial charge is 0.481 e. The molecular formula is C15H23NO4. The summed E-state index contributed by atoms with van der Waals surface area (Å²) in [5.74, 6) is -0.450. The zero-order valence-corrected chi connectivity index (χ0v) is 12.1. The Balaban J connectivity index is 1.77. The predicted octanol–water partition coefficient (Wildman–Crippen LogP) is 1.52. The maximum absolute atomic E-state index is 12.8. The van der Waals surface area contributed by atoms with Gasteiger partial charge in [-0.2, -0.15) is 0 Å². The Kier molecular flexibility index (Phi) is 3.27. The van der Waals surface area contributed by atoms with Crippen molar-refractivity contribution in [2.45, 2.75) is 38.5 Å². The number of carbonyl (C=O) groups excluding carboxylic acids is 1. The molecule has 0 bridgehead atoms. The Morgan fingerprint density at radius 1 is 1.30 bits per heavy atom. The highest BCUT2D eigenvalue weighted by Gasteiger charge is 2.58. The van der Waals surface area contributed by atoms with E-state index in [1.807, 2.05) is 4.90 Å². The summed E-state index contributed by atoms with van der Waals surface area (Å²) in [4.78, 5) is 26.3. The van der Waals surface area contributed by atoms with Gasteiger partial charge in [0.1, 0.15) is 0 Å². The van der Waals surface area contributed by atoms with Gasteiger partial charge in [-0.15, -0.1) is 0 Å². The first kappa shape index (κ1) is 13.9. The number of hydrogen-bond acceptors (Lipinski definition) is 3. The van der Waals surface area contributed by atoms with Gasteiger partial charge in [-0.1, -0.05) is 12.8 Å². The summed E-state index contributed by atoms with van der Waals surface area (Å²) in [6.45, 7) is 1.49. The second-order valence-corrected chi connectivity index (χ2v) is 6.80. The van der Waals surface area contributed by atoms with E-state index in [0.717, 1.165) is 32.1 Å². The van der Waals surface area contributed by atoms with Crippen molar-refractivity contribution in [3.63, 3.8) is 0 Å². The van der Waals surface area contributed by atoms with Crippen molar-refractivity contribution in [3.05, 3.63) is 0 Å². The normalized spacial score (nSPS) is 34.6. The minimum Gasteiger partial charge on any atom is -0.481 e. The van der Waals surface area contributed by atoms with Crippen LogP contribution >= 0.6 is 0 Å². The molecule has 2 atom stereocenters. The van der Waals surface area contributed by atoms with Gasteiger partial charge in [0.05, 0.1) is 17.4 Å². The number of carboxylic acids is 1. The minimum atomic E-state index is -0.718. The zero-order chi connectivity index (χ0) is 14.4. The number of nitrogens with zero attached hydrogens (tertiary/aromatic N) is 1. The third kappa shape index (κ3) is 1.79. The maximum atomic E-state index is 12.8. The van der Waals surface area contributed by atoms with Crippen LogP contribution in [-0.2, 0) is 14.3 Å². The average molecular weight is 281 g/mol. The highest BCUT2D eigenvalue weighted by Crippen LogP contribution is 2.51. The summed E-state index contributed by atoms with van der Waals surface area (Å²) in [5.41, 5.74) is -1.04. The molecule has 0 aromatic heterocycles. The van der Waals surface area contributed by atoms with E-state index in [9.17, 15) is 14.7 Å². The van der Waals surface area contributed by atoms with Gasteiger partial charge in [0.25, 0.3) is 0 Å². The Morgan fingerprint density at radius 2 is 2.05 bits per heavy atom. The quantitative estimate of drug-likeness (QED) is 0.848. The van der Waals surface area contributed by atoms with E-state index in [1.165, 1.54) is 0 Å². The summed E-state index contributed by atoms with van der Waals surface area (Å²) >= 11 is 0. The molecule has 0 aromatic rings. The van der Waals surface area contributed by atoms with Crippen LogP contribution in [0.15, 0.2) is 0 Å². The molecule has 1 saturated heterocycles. The fourth-order valence-electron chi connectivity index (χ4n) is 4.43. The van der Waals surface area contributed by atoms with Gasteiger partial charge in [0.2, 0.25) is 5.91 Å². The molecule has 0 radical (unpaired) electrons. The van der Waals surface area contributed by atoms with Gasteiger partial charge in [0.15, 0.2) is 0 Å². The van der Waals surface area contributed by atoms with Gasteiger partial charge in [-0.3, -0.25) is 9.59 Å². The number of ether oxygens (including phenoxy) is 1. The van der Waals surface area contributed by atoms with Gasteiger partial charge in [-0.25, -0.2) is 0 Å². The van der Waals surface area contributed by atoms with E-state index in [-0.39, 0.29) is 17.2 Å². The van der Waals surface area contributed by atoms with Crippen molar-refractivity contribution in [1.29, 1.82) is 0 Å². The lowest BCUT2D eigenvalue weighted by Crippen LogP contribution is -2.50. The van der Waals surface area contributed by atoms with Crippen LogP contribution in [0.4, 0.5) is 0 Å². The summed E-state index contributed by atoms with van der Waals surface area (Å²) < 4.78 is 5.23. The molecule has 3 fully saturated rings. The standard InChI is InChI=1S/C15H23NO4/c1-20-10-14(5-3-6-14)12(17)16-8-11-4-2-7-15(11,9-16)13(18)19/h11H,2-10H2,1H3,(H,18,19)/t11-,15+/m0/s1. The molecule has 5 nitrogen and oxygen atoms in total. The molecular weight excluding hydrogens is 258 g/mol.